The first-order valence-electron chi connectivity index (χ1n) is 9.07. The minimum absolute atomic E-state index is 0.197. The number of benzene rings is 2. The number of methoxy groups -OCH3 is 2. The summed E-state index contributed by atoms with van der Waals surface area (Å²) in [7, 11) is 3.05. The molecule has 0 aromatic heterocycles. The van der Waals surface area contributed by atoms with Gasteiger partial charge in [-0.1, -0.05) is 13.8 Å². The van der Waals surface area contributed by atoms with Crippen LogP contribution in [0.5, 0.6) is 11.5 Å². The highest BCUT2D eigenvalue weighted by Gasteiger charge is 2.24. The smallest absolute Gasteiger partial charge is 0.262 e. The molecule has 1 unspecified atom stereocenters. The minimum atomic E-state index is -0.825. The number of ether oxygens (including phenoxy) is 2. The lowest BCUT2D eigenvalue weighted by Crippen LogP contribution is -2.48. The van der Waals surface area contributed by atoms with E-state index < -0.39 is 23.7 Å². The summed E-state index contributed by atoms with van der Waals surface area (Å²) in [6.07, 6.45) is 1.45. The van der Waals surface area contributed by atoms with Crippen molar-refractivity contribution in [2.24, 2.45) is 11.0 Å². The minimum Gasteiger partial charge on any atom is -0.493 e. The Morgan fingerprint density at radius 3 is 2.27 bits per heavy atom. The summed E-state index contributed by atoms with van der Waals surface area (Å²) in [6.45, 7) is 3.59. The molecule has 0 heterocycles. The topological polar surface area (TPSA) is 89.0 Å². The Morgan fingerprint density at radius 1 is 1.10 bits per heavy atom. The van der Waals surface area contributed by atoms with Gasteiger partial charge in [-0.25, -0.2) is 9.82 Å². The second-order valence-electron chi connectivity index (χ2n) is 6.67. The van der Waals surface area contributed by atoms with Gasteiger partial charge in [0.25, 0.3) is 11.8 Å². The van der Waals surface area contributed by atoms with Crippen LogP contribution in [-0.4, -0.2) is 38.3 Å². The second kappa shape index (κ2) is 10.7. The Kier molecular flexibility index (Phi) is 8.35. The predicted molar refractivity (Wildman–Crippen MR) is 115 cm³/mol. The molecule has 2 rings (SSSR count). The van der Waals surface area contributed by atoms with Gasteiger partial charge in [-0.3, -0.25) is 9.59 Å². The molecule has 0 bridgehead atoms. The van der Waals surface area contributed by atoms with Crippen molar-refractivity contribution in [3.63, 3.8) is 0 Å². The highest BCUT2D eigenvalue weighted by Crippen LogP contribution is 2.32. The molecule has 0 aliphatic rings. The largest absolute Gasteiger partial charge is 0.493 e. The Hall–Kier alpha value is -2.94. The van der Waals surface area contributed by atoms with Gasteiger partial charge < -0.3 is 14.8 Å². The van der Waals surface area contributed by atoms with Gasteiger partial charge in [0.2, 0.25) is 0 Å². The summed E-state index contributed by atoms with van der Waals surface area (Å²) in [4.78, 5) is 24.9. The zero-order valence-electron chi connectivity index (χ0n) is 17.0. The van der Waals surface area contributed by atoms with Crippen molar-refractivity contribution in [2.75, 3.05) is 14.2 Å². The fourth-order valence-electron chi connectivity index (χ4n) is 2.56. The van der Waals surface area contributed by atoms with Gasteiger partial charge in [0.15, 0.2) is 11.5 Å². The van der Waals surface area contributed by atoms with E-state index in [1.807, 2.05) is 0 Å². The monoisotopic (exact) mass is 479 g/mol. The van der Waals surface area contributed by atoms with Gasteiger partial charge in [-0.15, -0.1) is 0 Å². The quantitative estimate of drug-likeness (QED) is 0.447. The number of hydrogen-bond donors (Lipinski definition) is 2. The fraction of sp³-hybridized carbons (Fsp3) is 0.286. The summed E-state index contributed by atoms with van der Waals surface area (Å²) >= 11 is 3.41. The van der Waals surface area contributed by atoms with E-state index in [4.69, 9.17) is 9.47 Å². The molecule has 2 amide bonds. The molecule has 0 fully saturated rings. The molecule has 0 saturated heterocycles. The number of halogens is 2. The van der Waals surface area contributed by atoms with E-state index in [1.54, 1.807) is 26.0 Å². The van der Waals surface area contributed by atoms with Gasteiger partial charge in [0.1, 0.15) is 11.9 Å². The number of amides is 2. The van der Waals surface area contributed by atoms with Gasteiger partial charge in [-0.2, -0.15) is 5.10 Å². The Bertz CT molecular complexity index is 933. The fourth-order valence-corrected chi connectivity index (χ4v) is 2.99. The van der Waals surface area contributed by atoms with E-state index in [0.29, 0.717) is 21.5 Å². The first kappa shape index (κ1) is 23.3. The summed E-state index contributed by atoms with van der Waals surface area (Å²) in [5, 5.41) is 6.63. The van der Waals surface area contributed by atoms with Crippen molar-refractivity contribution in [1.82, 2.24) is 10.7 Å². The zero-order valence-corrected chi connectivity index (χ0v) is 18.6. The second-order valence-corrected chi connectivity index (χ2v) is 7.52. The number of rotatable bonds is 8. The van der Waals surface area contributed by atoms with Crippen LogP contribution >= 0.6 is 15.9 Å². The molecule has 9 heteroatoms. The number of nitrogens with one attached hydrogen (secondary N) is 2. The van der Waals surface area contributed by atoms with Crippen LogP contribution in [0.3, 0.4) is 0 Å². The third kappa shape index (κ3) is 6.03. The molecule has 0 aliphatic heterocycles. The average Bonchev–Trinajstić information content (AvgIpc) is 2.72. The van der Waals surface area contributed by atoms with E-state index in [1.165, 1.54) is 44.7 Å². The van der Waals surface area contributed by atoms with Crippen LogP contribution in [0.4, 0.5) is 4.39 Å². The van der Waals surface area contributed by atoms with Crippen molar-refractivity contribution >= 4 is 34.0 Å². The average molecular weight is 480 g/mol. The molecule has 30 heavy (non-hydrogen) atoms. The molecule has 2 aromatic rings. The molecule has 0 spiro atoms. The standard InChI is InChI=1S/C21H23BrFN3O4/c1-12(2)19(25-20(27)13-5-7-15(23)8-6-13)21(28)26-24-11-14-9-17(29-3)18(30-4)10-16(14)22/h5-12,19H,1-4H3,(H,25,27)(H,26,28). The Labute approximate surface area is 182 Å². The third-order valence-electron chi connectivity index (χ3n) is 4.22. The molecule has 7 nitrogen and oxygen atoms in total. The molecule has 0 aliphatic carbocycles. The normalized spacial score (nSPS) is 12.0. The molecule has 0 saturated carbocycles. The lowest BCUT2D eigenvalue weighted by Gasteiger charge is -2.20. The van der Waals surface area contributed by atoms with Crippen molar-refractivity contribution < 1.29 is 23.5 Å². The summed E-state index contributed by atoms with van der Waals surface area (Å²) in [5.74, 6) is -0.532. The number of hydrazone groups is 1. The van der Waals surface area contributed by atoms with E-state index in [0.717, 1.165) is 0 Å². The number of hydrogen-bond acceptors (Lipinski definition) is 5. The maximum Gasteiger partial charge on any atom is 0.262 e. The predicted octanol–water partition coefficient (Wildman–Crippen LogP) is 3.51. The van der Waals surface area contributed by atoms with Crippen LogP contribution in [0.25, 0.3) is 0 Å². The van der Waals surface area contributed by atoms with Crippen LogP contribution in [0.2, 0.25) is 0 Å². The van der Waals surface area contributed by atoms with Crippen LogP contribution < -0.4 is 20.2 Å². The summed E-state index contributed by atoms with van der Waals surface area (Å²) in [5.41, 5.74) is 3.35. The van der Waals surface area contributed by atoms with E-state index in [2.05, 4.69) is 31.8 Å². The highest BCUT2D eigenvalue weighted by atomic mass is 79.9. The van der Waals surface area contributed by atoms with Crippen LogP contribution in [-0.2, 0) is 4.79 Å². The van der Waals surface area contributed by atoms with Gasteiger partial charge >= 0.3 is 0 Å². The molecule has 160 valence electrons. The number of carbonyl (C=O) groups excluding carboxylic acids is 2. The molecule has 2 aromatic carbocycles. The van der Waals surface area contributed by atoms with Gasteiger partial charge in [0, 0.05) is 15.6 Å². The summed E-state index contributed by atoms with van der Waals surface area (Å²) in [6, 6.07) is 7.68. The highest BCUT2D eigenvalue weighted by molar-refractivity contribution is 9.10. The van der Waals surface area contributed by atoms with E-state index >= 15 is 0 Å². The maximum atomic E-state index is 13.0. The lowest BCUT2D eigenvalue weighted by molar-refractivity contribution is -0.123. The zero-order chi connectivity index (χ0) is 22.3. The van der Waals surface area contributed by atoms with Gasteiger partial charge in [0.05, 0.1) is 20.4 Å². The van der Waals surface area contributed by atoms with Gasteiger partial charge in [-0.05, 0) is 58.2 Å². The molecule has 1 atom stereocenters. The Morgan fingerprint density at radius 2 is 1.70 bits per heavy atom. The lowest BCUT2D eigenvalue weighted by atomic mass is 10.0. The summed E-state index contributed by atoms with van der Waals surface area (Å²) < 4.78 is 24.2. The number of nitrogens with zero attached hydrogens (tertiary/aromatic N) is 1. The van der Waals surface area contributed by atoms with E-state index in [9.17, 15) is 14.0 Å². The van der Waals surface area contributed by atoms with Crippen LogP contribution in [0, 0.1) is 11.7 Å². The molecule has 2 N–H and O–H groups in total. The number of carbonyl (C=O) groups is 2. The van der Waals surface area contributed by atoms with Crippen LogP contribution in [0.1, 0.15) is 29.8 Å². The van der Waals surface area contributed by atoms with Crippen LogP contribution in [0.15, 0.2) is 46.0 Å². The molecular weight excluding hydrogens is 457 g/mol. The van der Waals surface area contributed by atoms with Crippen molar-refractivity contribution in [3.05, 3.63) is 57.8 Å². The molecular formula is C21H23BrFN3O4. The first-order chi connectivity index (χ1) is 14.3. The maximum absolute atomic E-state index is 13.0. The van der Waals surface area contributed by atoms with Crippen molar-refractivity contribution in [1.29, 1.82) is 0 Å². The molecule has 0 radical (unpaired) electrons. The SMILES string of the molecule is COc1cc(Br)c(C=NNC(=O)C(NC(=O)c2ccc(F)cc2)C(C)C)cc1OC. The Balaban J connectivity index is 2.08. The first-order valence-corrected chi connectivity index (χ1v) is 9.87. The van der Waals surface area contributed by atoms with E-state index in [-0.39, 0.29) is 11.5 Å². The van der Waals surface area contributed by atoms with Crippen molar-refractivity contribution in [2.45, 2.75) is 19.9 Å². The third-order valence-corrected chi connectivity index (χ3v) is 4.91. The van der Waals surface area contributed by atoms with Crippen molar-refractivity contribution in [3.8, 4) is 11.5 Å².